The smallest absolute Gasteiger partial charge is 0.0845 e. The minimum absolute atomic E-state index is 0.568. The summed E-state index contributed by atoms with van der Waals surface area (Å²) in [6, 6.07) is 0. The molecule has 0 aliphatic heterocycles. The summed E-state index contributed by atoms with van der Waals surface area (Å²) in [5.74, 6) is 1.32. The summed E-state index contributed by atoms with van der Waals surface area (Å²) in [6.45, 7) is 6.99. The van der Waals surface area contributed by atoms with Crippen LogP contribution in [0.5, 0.6) is 0 Å². The molecule has 0 spiro atoms. The summed E-state index contributed by atoms with van der Waals surface area (Å²) in [4.78, 5) is 0. The Kier molecular flexibility index (Phi) is 6.09. The van der Waals surface area contributed by atoms with Crippen LogP contribution in [-0.2, 0) is 9.83 Å². The van der Waals surface area contributed by atoms with Crippen molar-refractivity contribution < 1.29 is 4.21 Å². The average Bonchev–Trinajstić information content (AvgIpc) is 1.85. The molecule has 0 saturated carbocycles. The van der Waals surface area contributed by atoms with Gasteiger partial charge in [0.25, 0.3) is 0 Å². The Morgan fingerprint density at radius 1 is 1.44 bits per heavy atom. The molecular formula is C6H10OS2. The Bertz CT molecular complexity index is 120. The molecule has 0 aliphatic carbocycles. The van der Waals surface area contributed by atoms with Gasteiger partial charge in [0, 0.05) is 5.75 Å². The van der Waals surface area contributed by atoms with Crippen LogP contribution in [0, 0.1) is 0 Å². The summed E-state index contributed by atoms with van der Waals surface area (Å²) in [6.07, 6.45) is 3.40. The number of hydrogen-bond acceptors (Lipinski definition) is 2. The van der Waals surface area contributed by atoms with Crippen LogP contribution in [0.15, 0.2) is 25.3 Å². The molecule has 0 unspecified atom stereocenters. The predicted molar refractivity (Wildman–Crippen MR) is 45.9 cm³/mol. The highest BCUT2D eigenvalue weighted by atomic mass is 33.1. The van der Waals surface area contributed by atoms with Crippen LogP contribution < -0.4 is 0 Å². The van der Waals surface area contributed by atoms with Gasteiger partial charge in [0.1, 0.15) is 0 Å². The van der Waals surface area contributed by atoms with Crippen molar-refractivity contribution in [2.75, 3.05) is 11.5 Å². The molecule has 0 aromatic rings. The van der Waals surface area contributed by atoms with Gasteiger partial charge in [-0.1, -0.05) is 22.9 Å². The quantitative estimate of drug-likeness (QED) is 0.452. The normalized spacial score (nSPS) is 12.4. The minimum atomic E-state index is -0.793. The Labute approximate surface area is 62.1 Å². The van der Waals surface area contributed by atoms with Crippen LogP contribution >= 0.6 is 10.8 Å². The predicted octanol–water partition coefficient (Wildman–Crippen LogP) is 1.76. The standard InChI is InChI=1S/C6H10OS2/c1-3-5-8-9(7)6-4-2/h3-4H,1-2,5-6H2/t9-/m1/s1. The Balaban J connectivity index is 3.26. The van der Waals surface area contributed by atoms with Gasteiger partial charge in [0.15, 0.2) is 0 Å². The van der Waals surface area contributed by atoms with Gasteiger partial charge in [-0.25, -0.2) is 4.21 Å². The highest BCUT2D eigenvalue weighted by Crippen LogP contribution is 2.06. The fourth-order valence-corrected chi connectivity index (χ4v) is 2.13. The van der Waals surface area contributed by atoms with Gasteiger partial charge < -0.3 is 0 Å². The van der Waals surface area contributed by atoms with E-state index in [0.29, 0.717) is 5.75 Å². The van der Waals surface area contributed by atoms with Gasteiger partial charge >= 0.3 is 0 Å². The van der Waals surface area contributed by atoms with E-state index in [-0.39, 0.29) is 0 Å². The van der Waals surface area contributed by atoms with Crippen LogP contribution in [-0.4, -0.2) is 15.7 Å². The first-order chi connectivity index (χ1) is 4.31. The van der Waals surface area contributed by atoms with Crippen LogP contribution in [0.25, 0.3) is 0 Å². The molecule has 0 fully saturated rings. The summed E-state index contributed by atoms with van der Waals surface area (Å²) in [7, 11) is 0.591. The summed E-state index contributed by atoms with van der Waals surface area (Å²) in [5.41, 5.74) is 0. The highest BCUT2D eigenvalue weighted by Gasteiger charge is 1.92. The lowest BCUT2D eigenvalue weighted by atomic mass is 10.8. The van der Waals surface area contributed by atoms with Crippen molar-refractivity contribution >= 4 is 20.6 Å². The lowest BCUT2D eigenvalue weighted by Gasteiger charge is -1.91. The SMILES string of the molecule is C=CCS[S@@](=O)CC=C. The lowest BCUT2D eigenvalue weighted by Crippen LogP contribution is -1.86. The molecule has 0 aromatic carbocycles. The van der Waals surface area contributed by atoms with Crippen molar-refractivity contribution in [3.63, 3.8) is 0 Å². The molecule has 0 saturated heterocycles. The summed E-state index contributed by atoms with van der Waals surface area (Å²) < 4.78 is 10.8. The second kappa shape index (κ2) is 6.11. The van der Waals surface area contributed by atoms with E-state index in [0.717, 1.165) is 5.75 Å². The summed E-state index contributed by atoms with van der Waals surface area (Å²) >= 11 is 0. The van der Waals surface area contributed by atoms with Gasteiger partial charge in [-0.15, -0.1) is 13.2 Å². The molecule has 0 radical (unpaired) electrons. The maximum Gasteiger partial charge on any atom is 0.0845 e. The van der Waals surface area contributed by atoms with E-state index in [1.807, 2.05) is 0 Å². The molecule has 0 N–H and O–H groups in total. The van der Waals surface area contributed by atoms with E-state index < -0.39 is 9.83 Å². The topological polar surface area (TPSA) is 17.1 Å². The molecule has 9 heavy (non-hydrogen) atoms. The molecule has 1 atom stereocenters. The third-order valence-corrected chi connectivity index (χ3v) is 3.32. The van der Waals surface area contributed by atoms with Crippen LogP contribution in [0.2, 0.25) is 0 Å². The van der Waals surface area contributed by atoms with Gasteiger partial charge in [-0.3, -0.25) is 0 Å². The van der Waals surface area contributed by atoms with E-state index in [1.54, 1.807) is 12.2 Å². The zero-order valence-electron chi connectivity index (χ0n) is 5.21. The van der Waals surface area contributed by atoms with E-state index in [2.05, 4.69) is 13.2 Å². The molecule has 0 amide bonds. The Morgan fingerprint density at radius 2 is 2.11 bits per heavy atom. The van der Waals surface area contributed by atoms with Crippen LogP contribution in [0.3, 0.4) is 0 Å². The van der Waals surface area contributed by atoms with Crippen LogP contribution in [0.4, 0.5) is 0 Å². The fourth-order valence-electron chi connectivity index (χ4n) is 0.268. The van der Waals surface area contributed by atoms with Gasteiger partial charge in [-0.2, -0.15) is 0 Å². The maximum absolute atomic E-state index is 10.8. The molecule has 3 heteroatoms. The van der Waals surface area contributed by atoms with Crippen molar-refractivity contribution in [1.82, 2.24) is 0 Å². The van der Waals surface area contributed by atoms with Gasteiger partial charge in [0.2, 0.25) is 0 Å². The first-order valence-corrected chi connectivity index (χ1v) is 5.37. The molecule has 52 valence electrons. The zero-order valence-corrected chi connectivity index (χ0v) is 6.84. The van der Waals surface area contributed by atoms with Crippen molar-refractivity contribution in [3.05, 3.63) is 25.3 Å². The highest BCUT2D eigenvalue weighted by molar-refractivity contribution is 8.69. The van der Waals surface area contributed by atoms with Crippen molar-refractivity contribution in [2.45, 2.75) is 0 Å². The third-order valence-electron chi connectivity index (χ3n) is 0.571. The molecule has 0 aromatic heterocycles. The summed E-state index contributed by atoms with van der Waals surface area (Å²) in [5, 5.41) is 0. The molecule has 0 bridgehead atoms. The molecule has 1 nitrogen and oxygen atoms in total. The van der Waals surface area contributed by atoms with Crippen molar-refractivity contribution in [3.8, 4) is 0 Å². The Hall–Kier alpha value is -0.0200. The van der Waals surface area contributed by atoms with Gasteiger partial charge in [0.05, 0.1) is 15.6 Å². The molecule has 0 heterocycles. The Morgan fingerprint density at radius 3 is 2.56 bits per heavy atom. The average molecular weight is 162 g/mol. The second-order valence-electron chi connectivity index (χ2n) is 1.33. The fraction of sp³-hybridized carbons (Fsp3) is 0.333. The van der Waals surface area contributed by atoms with E-state index in [4.69, 9.17) is 0 Å². The van der Waals surface area contributed by atoms with Crippen molar-refractivity contribution in [1.29, 1.82) is 0 Å². The van der Waals surface area contributed by atoms with Gasteiger partial charge in [-0.05, 0) is 0 Å². The van der Waals surface area contributed by atoms with E-state index in [1.165, 1.54) is 10.8 Å². The first-order valence-electron chi connectivity index (χ1n) is 2.54. The molecule has 0 rings (SSSR count). The number of hydrogen-bond donors (Lipinski definition) is 0. The third kappa shape index (κ3) is 5.86. The van der Waals surface area contributed by atoms with E-state index in [9.17, 15) is 4.21 Å². The molecular weight excluding hydrogens is 152 g/mol. The monoisotopic (exact) mass is 162 g/mol. The van der Waals surface area contributed by atoms with E-state index >= 15 is 0 Å². The zero-order chi connectivity index (χ0) is 7.11. The minimum Gasteiger partial charge on any atom is -0.248 e. The number of rotatable bonds is 5. The lowest BCUT2D eigenvalue weighted by molar-refractivity contribution is 0.693. The largest absolute Gasteiger partial charge is 0.248 e. The molecule has 0 aliphatic rings. The maximum atomic E-state index is 10.8. The second-order valence-corrected chi connectivity index (χ2v) is 4.66. The van der Waals surface area contributed by atoms with Crippen molar-refractivity contribution in [2.24, 2.45) is 0 Å². The first kappa shape index (κ1) is 8.98. The van der Waals surface area contributed by atoms with Crippen LogP contribution in [0.1, 0.15) is 0 Å².